The zero-order valence-corrected chi connectivity index (χ0v) is 8.32. The van der Waals surface area contributed by atoms with Crippen LogP contribution in [-0.4, -0.2) is 23.7 Å². The standard InChI is InChI=1S/C9H8ClNO4/c10-6-3-1-2-5(8(6)11)9(14)15-4-7(12)13/h1-3H,4,11H2,(H,12,13). The Bertz CT molecular complexity index is 405. The highest BCUT2D eigenvalue weighted by Crippen LogP contribution is 2.22. The molecule has 0 radical (unpaired) electrons. The Labute approximate surface area is 90.4 Å². The number of carboxylic acids is 1. The number of esters is 1. The van der Waals surface area contributed by atoms with Crippen molar-refractivity contribution in [1.29, 1.82) is 0 Å². The van der Waals surface area contributed by atoms with E-state index in [1.54, 1.807) is 0 Å². The number of hydrogen-bond acceptors (Lipinski definition) is 4. The molecule has 5 nitrogen and oxygen atoms in total. The summed E-state index contributed by atoms with van der Waals surface area (Å²) in [6.07, 6.45) is 0. The van der Waals surface area contributed by atoms with Crippen LogP contribution in [0.25, 0.3) is 0 Å². The first kappa shape index (κ1) is 11.3. The van der Waals surface area contributed by atoms with E-state index in [9.17, 15) is 9.59 Å². The molecule has 3 N–H and O–H groups in total. The largest absolute Gasteiger partial charge is 0.479 e. The second-order valence-corrected chi connectivity index (χ2v) is 3.08. The highest BCUT2D eigenvalue weighted by Gasteiger charge is 2.14. The lowest BCUT2D eigenvalue weighted by atomic mass is 10.2. The first-order chi connectivity index (χ1) is 7.02. The molecule has 1 aromatic rings. The Balaban J connectivity index is 2.82. The molecule has 0 aliphatic carbocycles. The molecule has 80 valence electrons. The van der Waals surface area contributed by atoms with Gasteiger partial charge < -0.3 is 15.6 Å². The van der Waals surface area contributed by atoms with Crippen LogP contribution in [0.4, 0.5) is 5.69 Å². The van der Waals surface area contributed by atoms with Gasteiger partial charge in [0, 0.05) is 0 Å². The number of para-hydroxylation sites is 1. The summed E-state index contributed by atoms with van der Waals surface area (Å²) in [4.78, 5) is 21.5. The number of carbonyl (C=O) groups excluding carboxylic acids is 1. The minimum absolute atomic E-state index is 0.0590. The Kier molecular flexibility index (Phi) is 3.51. The van der Waals surface area contributed by atoms with Gasteiger partial charge in [0.05, 0.1) is 16.3 Å². The van der Waals surface area contributed by atoms with Gasteiger partial charge in [0.15, 0.2) is 6.61 Å². The minimum atomic E-state index is -1.23. The summed E-state index contributed by atoms with van der Waals surface area (Å²) in [5.41, 5.74) is 5.65. The van der Waals surface area contributed by atoms with Gasteiger partial charge in [-0.05, 0) is 12.1 Å². The summed E-state index contributed by atoms with van der Waals surface area (Å²) in [6.45, 7) is -0.704. The lowest BCUT2D eigenvalue weighted by Crippen LogP contribution is -2.14. The molecule has 0 bridgehead atoms. The van der Waals surface area contributed by atoms with Crippen molar-refractivity contribution in [1.82, 2.24) is 0 Å². The van der Waals surface area contributed by atoms with E-state index >= 15 is 0 Å². The maximum atomic E-state index is 11.3. The van der Waals surface area contributed by atoms with Crippen LogP contribution in [0, 0.1) is 0 Å². The first-order valence-electron chi connectivity index (χ1n) is 3.95. The molecule has 0 heterocycles. The molecule has 0 amide bonds. The number of hydrogen-bond donors (Lipinski definition) is 2. The van der Waals surface area contributed by atoms with E-state index in [1.807, 2.05) is 0 Å². The van der Waals surface area contributed by atoms with Crippen LogP contribution in [-0.2, 0) is 9.53 Å². The zero-order chi connectivity index (χ0) is 11.4. The fraction of sp³-hybridized carbons (Fsp3) is 0.111. The monoisotopic (exact) mass is 229 g/mol. The lowest BCUT2D eigenvalue weighted by molar-refractivity contribution is -0.140. The van der Waals surface area contributed by atoms with Gasteiger partial charge in [-0.2, -0.15) is 0 Å². The van der Waals surface area contributed by atoms with Crippen molar-refractivity contribution < 1.29 is 19.4 Å². The van der Waals surface area contributed by atoms with Crippen molar-refractivity contribution in [3.63, 3.8) is 0 Å². The highest BCUT2D eigenvalue weighted by atomic mass is 35.5. The quantitative estimate of drug-likeness (QED) is 0.600. The van der Waals surface area contributed by atoms with E-state index < -0.39 is 18.5 Å². The molecule has 1 aromatic carbocycles. The van der Waals surface area contributed by atoms with Gasteiger partial charge in [-0.25, -0.2) is 9.59 Å². The van der Waals surface area contributed by atoms with Gasteiger partial charge in [0.1, 0.15) is 0 Å². The van der Waals surface area contributed by atoms with Gasteiger partial charge in [-0.3, -0.25) is 0 Å². The number of nitrogen functional groups attached to an aromatic ring is 1. The van der Waals surface area contributed by atoms with Crippen LogP contribution >= 0.6 is 11.6 Å². The summed E-state index contributed by atoms with van der Waals surface area (Å²) in [7, 11) is 0. The molecule has 0 aliphatic heterocycles. The van der Waals surface area contributed by atoms with Crippen molar-refractivity contribution >= 4 is 29.2 Å². The molecule has 0 saturated heterocycles. The van der Waals surface area contributed by atoms with Gasteiger partial charge >= 0.3 is 11.9 Å². The Morgan fingerprint density at radius 2 is 2.13 bits per heavy atom. The van der Waals surface area contributed by atoms with Crippen molar-refractivity contribution in [2.45, 2.75) is 0 Å². The number of carboxylic acid groups (broad SMARTS) is 1. The Morgan fingerprint density at radius 3 is 2.73 bits per heavy atom. The first-order valence-corrected chi connectivity index (χ1v) is 4.33. The van der Waals surface area contributed by atoms with E-state index in [2.05, 4.69) is 4.74 Å². The van der Waals surface area contributed by atoms with Gasteiger partial charge in [-0.1, -0.05) is 17.7 Å². The van der Waals surface area contributed by atoms with Crippen LogP contribution in [0.5, 0.6) is 0 Å². The average molecular weight is 230 g/mol. The average Bonchev–Trinajstić information content (AvgIpc) is 2.18. The highest BCUT2D eigenvalue weighted by molar-refractivity contribution is 6.33. The van der Waals surface area contributed by atoms with Crippen molar-refractivity contribution in [2.24, 2.45) is 0 Å². The van der Waals surface area contributed by atoms with E-state index in [0.29, 0.717) is 0 Å². The summed E-state index contributed by atoms with van der Waals surface area (Å²) in [5.74, 6) is -2.04. The summed E-state index contributed by atoms with van der Waals surface area (Å²) >= 11 is 5.67. The number of aliphatic carboxylic acids is 1. The number of halogens is 1. The van der Waals surface area contributed by atoms with E-state index in [4.69, 9.17) is 22.4 Å². The smallest absolute Gasteiger partial charge is 0.341 e. The SMILES string of the molecule is Nc1c(Cl)cccc1C(=O)OCC(=O)O. The number of carbonyl (C=O) groups is 2. The summed E-state index contributed by atoms with van der Waals surface area (Å²) < 4.78 is 4.45. The maximum absolute atomic E-state index is 11.3. The maximum Gasteiger partial charge on any atom is 0.341 e. The normalized spacial score (nSPS) is 9.67. The number of ether oxygens (including phenoxy) is 1. The predicted molar refractivity (Wildman–Crippen MR) is 53.8 cm³/mol. The second-order valence-electron chi connectivity index (χ2n) is 2.67. The third-order valence-electron chi connectivity index (χ3n) is 1.60. The van der Waals surface area contributed by atoms with Gasteiger partial charge in [-0.15, -0.1) is 0 Å². The fourth-order valence-corrected chi connectivity index (χ4v) is 1.09. The van der Waals surface area contributed by atoms with E-state index in [1.165, 1.54) is 18.2 Å². The van der Waals surface area contributed by atoms with Crippen molar-refractivity contribution in [3.8, 4) is 0 Å². The fourth-order valence-electron chi connectivity index (χ4n) is 0.920. The summed E-state index contributed by atoms with van der Waals surface area (Å²) in [5, 5.41) is 8.52. The molecule has 0 fully saturated rings. The number of benzene rings is 1. The molecule has 1 rings (SSSR count). The molecular formula is C9H8ClNO4. The van der Waals surface area contributed by atoms with E-state index in [0.717, 1.165) is 0 Å². The third-order valence-corrected chi connectivity index (χ3v) is 1.93. The van der Waals surface area contributed by atoms with Crippen LogP contribution in [0.15, 0.2) is 18.2 Å². The molecular weight excluding hydrogens is 222 g/mol. The zero-order valence-electron chi connectivity index (χ0n) is 7.57. The molecule has 0 atom stereocenters. The molecule has 0 unspecified atom stereocenters. The van der Waals surface area contributed by atoms with Crippen LogP contribution in [0.2, 0.25) is 5.02 Å². The van der Waals surface area contributed by atoms with Crippen LogP contribution < -0.4 is 5.73 Å². The van der Waals surface area contributed by atoms with E-state index in [-0.39, 0.29) is 16.3 Å². The summed E-state index contributed by atoms with van der Waals surface area (Å²) in [6, 6.07) is 4.45. The predicted octanol–water partition coefficient (Wildman–Crippen LogP) is 1.16. The van der Waals surface area contributed by atoms with Crippen molar-refractivity contribution in [2.75, 3.05) is 12.3 Å². The Morgan fingerprint density at radius 1 is 1.47 bits per heavy atom. The molecule has 0 spiro atoms. The van der Waals surface area contributed by atoms with Gasteiger partial charge in [0.25, 0.3) is 0 Å². The van der Waals surface area contributed by atoms with Crippen LogP contribution in [0.3, 0.4) is 0 Å². The molecule has 0 saturated carbocycles. The number of rotatable bonds is 3. The van der Waals surface area contributed by atoms with Gasteiger partial charge in [0.2, 0.25) is 0 Å². The molecule has 6 heteroatoms. The van der Waals surface area contributed by atoms with Crippen molar-refractivity contribution in [3.05, 3.63) is 28.8 Å². The third kappa shape index (κ3) is 2.85. The molecule has 0 aromatic heterocycles. The second kappa shape index (κ2) is 4.65. The van der Waals surface area contributed by atoms with Crippen LogP contribution in [0.1, 0.15) is 10.4 Å². The minimum Gasteiger partial charge on any atom is -0.479 e. The molecule has 0 aliphatic rings. The number of anilines is 1. The Hall–Kier alpha value is -1.75. The topological polar surface area (TPSA) is 89.6 Å². The lowest BCUT2D eigenvalue weighted by Gasteiger charge is -2.05. The molecule has 15 heavy (non-hydrogen) atoms. The number of nitrogens with two attached hydrogens (primary N) is 1.